The minimum Gasteiger partial charge on any atom is -0.494 e. The lowest BCUT2D eigenvalue weighted by molar-refractivity contribution is 0.303. The molecule has 4 aromatic rings. The topological polar surface area (TPSA) is 27.1 Å². The molecular weight excluding hydrogens is 412 g/mol. The third kappa shape index (κ3) is 5.38. The maximum atomic E-state index is 6.00. The molecule has 0 aliphatic rings. The average Bonchev–Trinajstić information content (AvgIpc) is 3.11. The fraction of sp³-hybridized carbons (Fsp3) is 0.240. The Hall–Kier alpha value is -2.43. The minimum absolute atomic E-state index is 0.727. The van der Waals surface area contributed by atoms with Gasteiger partial charge in [0.2, 0.25) is 0 Å². The molecule has 154 valence electrons. The molecule has 0 aliphatic carbocycles. The lowest BCUT2D eigenvalue weighted by atomic mass is 10.2. The van der Waals surface area contributed by atoms with Crippen LogP contribution in [0.1, 0.15) is 24.2 Å². The Kier molecular flexibility index (Phi) is 6.98. The molecule has 0 N–H and O–H groups in total. The van der Waals surface area contributed by atoms with Gasteiger partial charge in [0.25, 0.3) is 0 Å². The lowest BCUT2D eigenvalue weighted by Gasteiger charge is -2.10. The minimum atomic E-state index is 0.727. The van der Waals surface area contributed by atoms with Crippen LogP contribution in [0.25, 0.3) is 11.0 Å². The first-order valence-corrected chi connectivity index (χ1v) is 11.6. The van der Waals surface area contributed by atoms with E-state index in [1.165, 1.54) is 16.0 Å². The summed E-state index contributed by atoms with van der Waals surface area (Å²) in [6, 6.07) is 24.6. The van der Waals surface area contributed by atoms with Crippen LogP contribution in [0, 0.1) is 6.92 Å². The van der Waals surface area contributed by atoms with Gasteiger partial charge >= 0.3 is 0 Å². The van der Waals surface area contributed by atoms with E-state index in [-0.39, 0.29) is 0 Å². The van der Waals surface area contributed by atoms with E-state index in [0.29, 0.717) is 0 Å². The zero-order valence-corrected chi connectivity index (χ0v) is 18.6. The van der Waals surface area contributed by atoms with Crippen LogP contribution < -0.4 is 4.74 Å². The first kappa shape index (κ1) is 20.8. The molecule has 0 unspecified atom stereocenters. The molecule has 30 heavy (non-hydrogen) atoms. The van der Waals surface area contributed by atoms with Crippen LogP contribution in [0.5, 0.6) is 5.75 Å². The van der Waals surface area contributed by atoms with Crippen molar-refractivity contribution in [2.45, 2.75) is 37.0 Å². The van der Waals surface area contributed by atoms with E-state index in [2.05, 4.69) is 54.0 Å². The Balaban J connectivity index is 1.38. The Morgan fingerprint density at radius 3 is 2.63 bits per heavy atom. The predicted molar refractivity (Wildman–Crippen MR) is 127 cm³/mol. The van der Waals surface area contributed by atoms with Gasteiger partial charge in [-0.15, -0.1) is 11.8 Å². The van der Waals surface area contributed by atoms with Crippen molar-refractivity contribution >= 4 is 34.4 Å². The zero-order valence-electron chi connectivity index (χ0n) is 17.1. The molecule has 4 rings (SSSR count). The zero-order chi connectivity index (χ0) is 20.8. The van der Waals surface area contributed by atoms with Crippen molar-refractivity contribution < 1.29 is 4.74 Å². The molecule has 0 aliphatic heterocycles. The molecule has 0 amide bonds. The van der Waals surface area contributed by atoms with Crippen LogP contribution in [0.15, 0.2) is 77.7 Å². The van der Waals surface area contributed by atoms with Crippen molar-refractivity contribution in [3.63, 3.8) is 0 Å². The number of thioether (sulfide) groups is 1. The lowest BCUT2D eigenvalue weighted by Crippen LogP contribution is -2.05. The largest absolute Gasteiger partial charge is 0.494 e. The number of aryl methyl sites for hydroxylation is 2. The summed E-state index contributed by atoms with van der Waals surface area (Å²) in [5.74, 6) is 2.88. The number of imidazole rings is 1. The van der Waals surface area contributed by atoms with Crippen LogP contribution in [0.3, 0.4) is 0 Å². The molecule has 3 nitrogen and oxygen atoms in total. The molecule has 0 saturated heterocycles. The number of para-hydroxylation sites is 2. The molecule has 0 radical (unpaired) electrons. The van der Waals surface area contributed by atoms with Gasteiger partial charge in [0.05, 0.1) is 23.4 Å². The SMILES string of the molecule is Cc1cccc(OCCCCn2c(CSc3ccc(Cl)cc3)nc3ccccc32)c1. The Labute approximate surface area is 187 Å². The third-order valence-corrected chi connectivity index (χ3v) is 6.21. The number of rotatable bonds is 9. The third-order valence-electron chi connectivity index (χ3n) is 4.95. The van der Waals surface area contributed by atoms with Gasteiger partial charge in [0.15, 0.2) is 0 Å². The molecule has 1 heterocycles. The summed E-state index contributed by atoms with van der Waals surface area (Å²) in [5, 5.41) is 0.763. The summed E-state index contributed by atoms with van der Waals surface area (Å²) < 4.78 is 8.25. The number of nitrogens with zero attached hydrogens (tertiary/aromatic N) is 2. The highest BCUT2D eigenvalue weighted by Crippen LogP contribution is 2.26. The number of hydrogen-bond acceptors (Lipinski definition) is 3. The first-order valence-electron chi connectivity index (χ1n) is 10.2. The van der Waals surface area contributed by atoms with E-state index >= 15 is 0 Å². The van der Waals surface area contributed by atoms with Gasteiger partial charge < -0.3 is 9.30 Å². The summed E-state index contributed by atoms with van der Waals surface area (Å²) >= 11 is 7.79. The standard InChI is InChI=1S/C25H25ClN2OS/c1-19-7-6-8-21(17-19)29-16-5-4-15-28-24-10-3-2-9-23(24)27-25(28)18-30-22-13-11-20(26)12-14-22/h2-3,6-14,17H,4-5,15-16,18H2,1H3. The van der Waals surface area contributed by atoms with E-state index in [1.54, 1.807) is 11.8 Å². The normalized spacial score (nSPS) is 11.1. The molecular formula is C25H25ClN2OS. The fourth-order valence-electron chi connectivity index (χ4n) is 3.43. The monoisotopic (exact) mass is 436 g/mol. The first-order chi connectivity index (χ1) is 14.7. The second kappa shape index (κ2) is 10.1. The maximum absolute atomic E-state index is 6.00. The van der Waals surface area contributed by atoms with E-state index in [4.69, 9.17) is 21.3 Å². The Morgan fingerprint density at radius 1 is 0.967 bits per heavy atom. The van der Waals surface area contributed by atoms with Gasteiger partial charge in [0, 0.05) is 16.5 Å². The number of halogens is 1. The van der Waals surface area contributed by atoms with Gasteiger partial charge in [0.1, 0.15) is 11.6 Å². The summed E-state index contributed by atoms with van der Waals surface area (Å²) in [6.45, 7) is 3.75. The molecule has 0 atom stereocenters. The highest BCUT2D eigenvalue weighted by Gasteiger charge is 2.11. The van der Waals surface area contributed by atoms with Crippen LogP contribution >= 0.6 is 23.4 Å². The second-order valence-corrected chi connectivity index (χ2v) is 8.77. The van der Waals surface area contributed by atoms with Crippen molar-refractivity contribution in [1.29, 1.82) is 0 Å². The van der Waals surface area contributed by atoms with Gasteiger partial charge in [-0.1, -0.05) is 35.9 Å². The summed E-state index contributed by atoms with van der Waals surface area (Å²) in [7, 11) is 0. The summed E-state index contributed by atoms with van der Waals surface area (Å²) in [6.07, 6.45) is 2.05. The molecule has 0 spiro atoms. The highest BCUT2D eigenvalue weighted by molar-refractivity contribution is 7.98. The van der Waals surface area contributed by atoms with Crippen molar-refractivity contribution in [1.82, 2.24) is 9.55 Å². The Bertz CT molecular complexity index is 1110. The molecule has 5 heteroatoms. The molecule has 3 aromatic carbocycles. The molecule has 0 saturated carbocycles. The molecule has 0 fully saturated rings. The van der Waals surface area contributed by atoms with Crippen LogP contribution in [0.4, 0.5) is 0 Å². The van der Waals surface area contributed by atoms with Gasteiger partial charge in [-0.25, -0.2) is 4.98 Å². The maximum Gasteiger partial charge on any atom is 0.120 e. The number of fused-ring (bicyclic) bond motifs is 1. The van der Waals surface area contributed by atoms with Gasteiger partial charge in [-0.05, 0) is 73.9 Å². The molecule has 0 bridgehead atoms. The quantitative estimate of drug-likeness (QED) is 0.206. The van der Waals surface area contributed by atoms with Gasteiger partial charge in [-0.2, -0.15) is 0 Å². The van der Waals surface area contributed by atoms with Crippen LogP contribution in [-0.2, 0) is 12.3 Å². The number of hydrogen-bond donors (Lipinski definition) is 0. The number of benzene rings is 3. The van der Waals surface area contributed by atoms with Crippen molar-refractivity contribution in [3.8, 4) is 5.75 Å². The predicted octanol–water partition coefficient (Wildman–Crippen LogP) is 7.15. The van der Waals surface area contributed by atoms with E-state index in [0.717, 1.165) is 53.9 Å². The van der Waals surface area contributed by atoms with E-state index < -0.39 is 0 Å². The number of ether oxygens (including phenoxy) is 1. The average molecular weight is 437 g/mol. The fourth-order valence-corrected chi connectivity index (χ4v) is 4.40. The second-order valence-electron chi connectivity index (χ2n) is 7.28. The molecule has 1 aromatic heterocycles. The van der Waals surface area contributed by atoms with Crippen molar-refractivity contribution in [2.24, 2.45) is 0 Å². The van der Waals surface area contributed by atoms with Crippen molar-refractivity contribution in [3.05, 3.63) is 89.2 Å². The van der Waals surface area contributed by atoms with Crippen molar-refractivity contribution in [2.75, 3.05) is 6.61 Å². The summed E-state index contributed by atoms with van der Waals surface area (Å²) in [5.41, 5.74) is 3.48. The smallest absolute Gasteiger partial charge is 0.120 e. The van der Waals surface area contributed by atoms with Crippen LogP contribution in [-0.4, -0.2) is 16.2 Å². The number of aromatic nitrogens is 2. The summed E-state index contributed by atoms with van der Waals surface area (Å²) in [4.78, 5) is 6.08. The van der Waals surface area contributed by atoms with Gasteiger partial charge in [-0.3, -0.25) is 0 Å². The number of unbranched alkanes of at least 4 members (excludes halogenated alkanes) is 1. The highest BCUT2D eigenvalue weighted by atomic mass is 35.5. The Morgan fingerprint density at radius 2 is 1.80 bits per heavy atom. The van der Waals surface area contributed by atoms with E-state index in [1.807, 2.05) is 30.3 Å². The van der Waals surface area contributed by atoms with Crippen LogP contribution in [0.2, 0.25) is 5.02 Å². The van der Waals surface area contributed by atoms with E-state index in [9.17, 15) is 0 Å².